The van der Waals surface area contributed by atoms with E-state index in [-0.39, 0.29) is 23.0 Å². The second-order valence-electron chi connectivity index (χ2n) is 4.63. The highest BCUT2D eigenvalue weighted by Crippen LogP contribution is 2.19. The Morgan fingerprint density at radius 2 is 2.11 bits per heavy atom. The Balaban J connectivity index is 2.75. The van der Waals surface area contributed by atoms with Crippen LogP contribution in [0.4, 0.5) is 4.39 Å². The molecule has 0 bridgehead atoms. The SMILES string of the molecule is CCCC(OCC)C(Cc1ccc(F)c(Cl)c1)NC. The summed E-state index contributed by atoms with van der Waals surface area (Å²) >= 11 is 5.82. The molecule has 0 spiro atoms. The summed E-state index contributed by atoms with van der Waals surface area (Å²) in [5.74, 6) is -0.374. The largest absolute Gasteiger partial charge is 0.377 e. The maximum atomic E-state index is 13.1. The van der Waals surface area contributed by atoms with Crippen LogP contribution in [0.3, 0.4) is 0 Å². The minimum Gasteiger partial charge on any atom is -0.377 e. The summed E-state index contributed by atoms with van der Waals surface area (Å²) in [6.07, 6.45) is 3.03. The van der Waals surface area contributed by atoms with Crippen molar-refractivity contribution < 1.29 is 9.13 Å². The lowest BCUT2D eigenvalue weighted by molar-refractivity contribution is 0.0301. The molecule has 0 fully saturated rings. The highest BCUT2D eigenvalue weighted by Gasteiger charge is 2.20. The fraction of sp³-hybridized carbons (Fsp3) is 0.600. The molecule has 1 aromatic carbocycles. The van der Waals surface area contributed by atoms with E-state index in [0.717, 1.165) is 24.8 Å². The number of halogens is 2. The van der Waals surface area contributed by atoms with Crippen LogP contribution in [0.5, 0.6) is 0 Å². The molecule has 0 amide bonds. The van der Waals surface area contributed by atoms with Gasteiger partial charge in [-0.25, -0.2) is 4.39 Å². The summed E-state index contributed by atoms with van der Waals surface area (Å²) in [4.78, 5) is 0. The van der Waals surface area contributed by atoms with Crippen LogP contribution >= 0.6 is 11.6 Å². The highest BCUT2D eigenvalue weighted by atomic mass is 35.5. The van der Waals surface area contributed by atoms with E-state index >= 15 is 0 Å². The van der Waals surface area contributed by atoms with Gasteiger partial charge in [0.25, 0.3) is 0 Å². The zero-order chi connectivity index (χ0) is 14.3. The summed E-state index contributed by atoms with van der Waals surface area (Å²) in [5, 5.41) is 3.47. The molecule has 1 aromatic rings. The highest BCUT2D eigenvalue weighted by molar-refractivity contribution is 6.30. The summed E-state index contributed by atoms with van der Waals surface area (Å²) < 4.78 is 18.9. The molecule has 2 atom stereocenters. The minimum atomic E-state index is -0.374. The standard InChI is InChI=1S/C15H23ClFNO/c1-4-6-15(19-5-2)14(18-3)10-11-7-8-13(17)12(16)9-11/h7-9,14-15,18H,4-6,10H2,1-3H3. The molecular formula is C15H23ClFNO. The molecule has 4 heteroatoms. The van der Waals surface area contributed by atoms with Gasteiger partial charge in [-0.15, -0.1) is 0 Å². The van der Waals surface area contributed by atoms with Gasteiger partial charge in [0.05, 0.1) is 11.1 Å². The van der Waals surface area contributed by atoms with E-state index in [0.29, 0.717) is 6.61 Å². The topological polar surface area (TPSA) is 21.3 Å². The Kier molecular flexibility index (Phi) is 7.36. The van der Waals surface area contributed by atoms with Gasteiger partial charge in [0.15, 0.2) is 0 Å². The third-order valence-electron chi connectivity index (χ3n) is 3.21. The summed E-state index contributed by atoms with van der Waals surface area (Å²) in [5.41, 5.74) is 1.02. The lowest BCUT2D eigenvalue weighted by atomic mass is 9.98. The van der Waals surface area contributed by atoms with Crippen LogP contribution in [-0.4, -0.2) is 25.8 Å². The summed E-state index contributed by atoms with van der Waals surface area (Å²) in [6, 6.07) is 5.10. The minimum absolute atomic E-state index is 0.170. The van der Waals surface area contributed by atoms with Crippen molar-refractivity contribution in [2.75, 3.05) is 13.7 Å². The Morgan fingerprint density at radius 3 is 2.63 bits per heavy atom. The van der Waals surface area contributed by atoms with Gasteiger partial charge in [-0.1, -0.05) is 31.0 Å². The maximum Gasteiger partial charge on any atom is 0.141 e. The van der Waals surface area contributed by atoms with Crippen LogP contribution in [0, 0.1) is 5.82 Å². The Labute approximate surface area is 120 Å². The van der Waals surface area contributed by atoms with E-state index in [1.165, 1.54) is 6.07 Å². The molecule has 19 heavy (non-hydrogen) atoms. The molecule has 0 aromatic heterocycles. The first-order valence-corrected chi connectivity index (χ1v) is 7.22. The van der Waals surface area contributed by atoms with Gasteiger partial charge in [-0.2, -0.15) is 0 Å². The third-order valence-corrected chi connectivity index (χ3v) is 3.50. The lowest BCUT2D eigenvalue weighted by Crippen LogP contribution is -2.41. The fourth-order valence-corrected chi connectivity index (χ4v) is 2.44. The van der Waals surface area contributed by atoms with Crippen molar-refractivity contribution in [3.63, 3.8) is 0 Å². The van der Waals surface area contributed by atoms with Gasteiger partial charge in [0.1, 0.15) is 5.82 Å². The molecular weight excluding hydrogens is 265 g/mol. The molecule has 1 rings (SSSR count). The van der Waals surface area contributed by atoms with Crippen LogP contribution in [0.1, 0.15) is 32.3 Å². The lowest BCUT2D eigenvalue weighted by Gasteiger charge is -2.26. The second-order valence-corrected chi connectivity index (χ2v) is 5.04. The van der Waals surface area contributed by atoms with Crippen molar-refractivity contribution in [1.29, 1.82) is 0 Å². The third kappa shape index (κ3) is 5.09. The molecule has 2 unspecified atom stereocenters. The molecule has 1 N–H and O–H groups in total. The smallest absolute Gasteiger partial charge is 0.141 e. The van der Waals surface area contributed by atoms with E-state index in [9.17, 15) is 4.39 Å². The van der Waals surface area contributed by atoms with Gasteiger partial charge >= 0.3 is 0 Å². The first-order chi connectivity index (χ1) is 9.12. The quantitative estimate of drug-likeness (QED) is 0.785. The Morgan fingerprint density at radius 1 is 1.37 bits per heavy atom. The summed E-state index contributed by atoms with van der Waals surface area (Å²) in [7, 11) is 1.93. The molecule has 2 nitrogen and oxygen atoms in total. The number of ether oxygens (including phenoxy) is 1. The Bertz CT molecular complexity index is 380. The van der Waals surface area contributed by atoms with Crippen molar-refractivity contribution in [2.24, 2.45) is 0 Å². The van der Waals surface area contributed by atoms with E-state index in [1.807, 2.05) is 14.0 Å². The van der Waals surface area contributed by atoms with E-state index in [4.69, 9.17) is 16.3 Å². The van der Waals surface area contributed by atoms with Gasteiger partial charge in [0.2, 0.25) is 0 Å². The number of rotatable bonds is 8. The van der Waals surface area contributed by atoms with Crippen LogP contribution in [-0.2, 0) is 11.2 Å². The Hall–Kier alpha value is -0.640. The molecule has 0 radical (unpaired) electrons. The van der Waals surface area contributed by atoms with Gasteiger partial charge < -0.3 is 10.1 Å². The van der Waals surface area contributed by atoms with Crippen molar-refractivity contribution >= 4 is 11.6 Å². The first-order valence-electron chi connectivity index (χ1n) is 6.85. The zero-order valence-electron chi connectivity index (χ0n) is 11.9. The fourth-order valence-electron chi connectivity index (χ4n) is 2.24. The number of hydrogen-bond acceptors (Lipinski definition) is 2. The molecule has 0 saturated carbocycles. The number of benzene rings is 1. The van der Waals surface area contributed by atoms with Crippen molar-refractivity contribution in [1.82, 2.24) is 5.32 Å². The van der Waals surface area contributed by atoms with Crippen LogP contribution in [0.15, 0.2) is 18.2 Å². The van der Waals surface area contributed by atoms with Gasteiger partial charge in [-0.3, -0.25) is 0 Å². The van der Waals surface area contributed by atoms with E-state index in [1.54, 1.807) is 12.1 Å². The van der Waals surface area contributed by atoms with Crippen LogP contribution < -0.4 is 5.32 Å². The predicted molar refractivity (Wildman–Crippen MR) is 78.3 cm³/mol. The molecule has 0 aliphatic heterocycles. The van der Waals surface area contributed by atoms with E-state index < -0.39 is 0 Å². The average molecular weight is 288 g/mol. The van der Waals surface area contributed by atoms with Crippen LogP contribution in [0.25, 0.3) is 0 Å². The zero-order valence-corrected chi connectivity index (χ0v) is 12.6. The van der Waals surface area contributed by atoms with Crippen molar-refractivity contribution in [2.45, 2.75) is 45.3 Å². The normalized spacial score (nSPS) is 14.4. The van der Waals surface area contributed by atoms with Crippen molar-refractivity contribution in [3.05, 3.63) is 34.6 Å². The molecule has 0 saturated heterocycles. The average Bonchev–Trinajstić information content (AvgIpc) is 2.40. The molecule has 0 aliphatic rings. The number of likely N-dealkylation sites (N-methyl/N-ethyl adjacent to an activating group) is 1. The molecule has 0 aliphatic carbocycles. The number of hydrogen-bond donors (Lipinski definition) is 1. The van der Waals surface area contributed by atoms with Crippen molar-refractivity contribution in [3.8, 4) is 0 Å². The molecule has 0 heterocycles. The number of nitrogens with one attached hydrogen (secondary N) is 1. The second kappa shape index (κ2) is 8.51. The van der Waals surface area contributed by atoms with Crippen LogP contribution in [0.2, 0.25) is 5.02 Å². The van der Waals surface area contributed by atoms with Gasteiger partial charge in [0, 0.05) is 12.6 Å². The summed E-state index contributed by atoms with van der Waals surface area (Å²) in [6.45, 7) is 4.85. The maximum absolute atomic E-state index is 13.1. The van der Waals surface area contributed by atoms with E-state index in [2.05, 4.69) is 12.2 Å². The first kappa shape index (κ1) is 16.4. The van der Waals surface area contributed by atoms with Gasteiger partial charge in [-0.05, 0) is 44.5 Å². The predicted octanol–water partition coefficient (Wildman–Crippen LogP) is 3.81. The monoisotopic (exact) mass is 287 g/mol. The molecule has 108 valence electrons.